The molecule has 2 aromatic rings. The smallest absolute Gasteiger partial charge is 0.163 e. The van der Waals surface area contributed by atoms with Gasteiger partial charge in [0.1, 0.15) is 11.6 Å². The first-order valence-electron chi connectivity index (χ1n) is 7.48. The number of hydrogen-bond acceptors (Lipinski definition) is 4. The summed E-state index contributed by atoms with van der Waals surface area (Å²) in [5.74, 6) is 2.18. The van der Waals surface area contributed by atoms with Crippen LogP contribution < -0.4 is 10.6 Å². The van der Waals surface area contributed by atoms with Crippen LogP contribution in [-0.2, 0) is 0 Å². The molecule has 0 aliphatic carbocycles. The van der Waals surface area contributed by atoms with Crippen LogP contribution in [0.5, 0.6) is 0 Å². The van der Waals surface area contributed by atoms with E-state index in [4.69, 9.17) is 10.7 Å². The Morgan fingerprint density at radius 2 is 1.71 bits per heavy atom. The minimum atomic E-state index is 0.428. The number of rotatable bonds is 2. The zero-order valence-electron chi connectivity index (χ0n) is 12.7. The fourth-order valence-corrected chi connectivity index (χ4v) is 2.67. The second-order valence-electron chi connectivity index (χ2n) is 6.49. The predicted molar refractivity (Wildman–Crippen MR) is 87.1 cm³/mol. The van der Waals surface area contributed by atoms with Crippen LogP contribution in [0, 0.1) is 5.41 Å². The molecule has 1 aromatic carbocycles. The van der Waals surface area contributed by atoms with Crippen molar-refractivity contribution in [2.75, 3.05) is 23.7 Å². The Kier molecular flexibility index (Phi) is 3.53. The molecule has 3 rings (SSSR count). The van der Waals surface area contributed by atoms with Crippen molar-refractivity contribution >= 4 is 11.6 Å². The van der Waals surface area contributed by atoms with Crippen LogP contribution in [0.2, 0.25) is 0 Å². The third-order valence-electron chi connectivity index (χ3n) is 4.21. The molecule has 1 saturated heterocycles. The number of nitrogen functional groups attached to an aromatic ring is 1. The van der Waals surface area contributed by atoms with Crippen molar-refractivity contribution in [2.24, 2.45) is 5.41 Å². The van der Waals surface area contributed by atoms with E-state index in [9.17, 15) is 0 Å². The molecule has 1 fully saturated rings. The third-order valence-corrected chi connectivity index (χ3v) is 4.21. The standard InChI is InChI=1S/C17H22N4/c1-17(2)8-10-21(11-9-17)15-12-14(18)19-16(20-15)13-6-4-3-5-7-13/h3-7,12H,8-11H2,1-2H3,(H2,18,19,20). The van der Waals surface area contributed by atoms with E-state index < -0.39 is 0 Å². The topological polar surface area (TPSA) is 55.0 Å². The maximum Gasteiger partial charge on any atom is 0.163 e. The Bertz CT molecular complexity index is 612. The first-order chi connectivity index (χ1) is 10.0. The molecule has 110 valence electrons. The molecule has 4 heteroatoms. The molecule has 0 bridgehead atoms. The van der Waals surface area contributed by atoms with Gasteiger partial charge in [-0.05, 0) is 18.3 Å². The number of nitrogens with zero attached hydrogens (tertiary/aromatic N) is 3. The monoisotopic (exact) mass is 282 g/mol. The van der Waals surface area contributed by atoms with Gasteiger partial charge in [0.05, 0.1) is 0 Å². The lowest BCUT2D eigenvalue weighted by atomic mass is 9.83. The molecule has 1 aromatic heterocycles. The second-order valence-corrected chi connectivity index (χ2v) is 6.49. The van der Waals surface area contributed by atoms with Crippen LogP contribution >= 0.6 is 0 Å². The third kappa shape index (κ3) is 3.15. The number of nitrogens with two attached hydrogens (primary N) is 1. The average molecular weight is 282 g/mol. The van der Waals surface area contributed by atoms with Crippen molar-refractivity contribution < 1.29 is 0 Å². The molecular formula is C17H22N4. The molecule has 2 heterocycles. The molecule has 0 atom stereocenters. The largest absolute Gasteiger partial charge is 0.384 e. The van der Waals surface area contributed by atoms with E-state index in [1.54, 1.807) is 0 Å². The summed E-state index contributed by atoms with van der Waals surface area (Å²) in [4.78, 5) is 11.4. The molecule has 4 nitrogen and oxygen atoms in total. The van der Waals surface area contributed by atoms with Gasteiger partial charge in [0.15, 0.2) is 5.82 Å². The van der Waals surface area contributed by atoms with E-state index in [-0.39, 0.29) is 0 Å². The van der Waals surface area contributed by atoms with Crippen molar-refractivity contribution in [1.29, 1.82) is 0 Å². The van der Waals surface area contributed by atoms with Gasteiger partial charge in [-0.25, -0.2) is 9.97 Å². The minimum Gasteiger partial charge on any atom is -0.384 e. The summed E-state index contributed by atoms with van der Waals surface area (Å²) in [6, 6.07) is 11.9. The van der Waals surface area contributed by atoms with Gasteiger partial charge in [0.2, 0.25) is 0 Å². The van der Waals surface area contributed by atoms with Gasteiger partial charge in [-0.2, -0.15) is 0 Å². The maximum atomic E-state index is 5.98. The molecule has 1 aliphatic heterocycles. The summed E-state index contributed by atoms with van der Waals surface area (Å²) in [6.07, 6.45) is 2.36. The highest BCUT2D eigenvalue weighted by Crippen LogP contribution is 2.32. The number of piperidine rings is 1. The van der Waals surface area contributed by atoms with Crippen LogP contribution in [0.4, 0.5) is 11.6 Å². The fourth-order valence-electron chi connectivity index (χ4n) is 2.67. The van der Waals surface area contributed by atoms with Gasteiger partial charge in [-0.3, -0.25) is 0 Å². The highest BCUT2D eigenvalue weighted by Gasteiger charge is 2.26. The lowest BCUT2D eigenvalue weighted by Crippen LogP contribution is -2.37. The van der Waals surface area contributed by atoms with Crippen molar-refractivity contribution in [1.82, 2.24) is 9.97 Å². The van der Waals surface area contributed by atoms with Crippen LogP contribution in [0.3, 0.4) is 0 Å². The van der Waals surface area contributed by atoms with Crippen LogP contribution in [0.1, 0.15) is 26.7 Å². The molecule has 0 saturated carbocycles. The van der Waals surface area contributed by atoms with Gasteiger partial charge in [0.25, 0.3) is 0 Å². The summed E-state index contributed by atoms with van der Waals surface area (Å²) < 4.78 is 0. The summed E-state index contributed by atoms with van der Waals surface area (Å²) in [5, 5.41) is 0. The van der Waals surface area contributed by atoms with Gasteiger partial charge >= 0.3 is 0 Å². The predicted octanol–water partition coefficient (Wildman–Crippen LogP) is 3.35. The number of anilines is 2. The van der Waals surface area contributed by atoms with Crippen LogP contribution in [0.25, 0.3) is 11.4 Å². The number of hydrogen-bond donors (Lipinski definition) is 1. The Labute approximate surface area is 126 Å². The summed E-state index contributed by atoms with van der Waals surface area (Å²) in [6.45, 7) is 6.71. The van der Waals surface area contributed by atoms with Crippen molar-refractivity contribution in [2.45, 2.75) is 26.7 Å². The lowest BCUT2D eigenvalue weighted by molar-refractivity contribution is 0.279. The van der Waals surface area contributed by atoms with E-state index in [0.717, 1.165) is 24.5 Å². The van der Waals surface area contributed by atoms with E-state index in [0.29, 0.717) is 17.1 Å². The van der Waals surface area contributed by atoms with Gasteiger partial charge in [0, 0.05) is 24.7 Å². The van der Waals surface area contributed by atoms with E-state index in [2.05, 4.69) is 23.7 Å². The summed E-state index contributed by atoms with van der Waals surface area (Å²) in [5.41, 5.74) is 7.41. The van der Waals surface area contributed by atoms with Gasteiger partial charge in [-0.1, -0.05) is 44.2 Å². The SMILES string of the molecule is CC1(C)CCN(c2cc(N)nc(-c3ccccc3)n2)CC1. The quantitative estimate of drug-likeness (QED) is 0.917. The first-order valence-corrected chi connectivity index (χ1v) is 7.48. The average Bonchev–Trinajstić information content (AvgIpc) is 2.47. The van der Waals surface area contributed by atoms with Crippen molar-refractivity contribution in [3.05, 3.63) is 36.4 Å². The fraction of sp³-hybridized carbons (Fsp3) is 0.412. The highest BCUT2D eigenvalue weighted by atomic mass is 15.2. The normalized spacial score (nSPS) is 17.7. The molecule has 1 aliphatic rings. The zero-order valence-corrected chi connectivity index (χ0v) is 12.7. The second kappa shape index (κ2) is 5.35. The molecule has 0 unspecified atom stereocenters. The Morgan fingerprint density at radius 3 is 2.38 bits per heavy atom. The minimum absolute atomic E-state index is 0.428. The molecule has 0 radical (unpaired) electrons. The van der Waals surface area contributed by atoms with E-state index >= 15 is 0 Å². The lowest BCUT2D eigenvalue weighted by Gasteiger charge is -2.37. The molecule has 0 spiro atoms. The Balaban J connectivity index is 1.89. The maximum absolute atomic E-state index is 5.98. The van der Waals surface area contributed by atoms with Crippen molar-refractivity contribution in [3.8, 4) is 11.4 Å². The molecular weight excluding hydrogens is 260 g/mol. The first kappa shape index (κ1) is 13.9. The summed E-state index contributed by atoms with van der Waals surface area (Å²) >= 11 is 0. The number of aromatic nitrogens is 2. The van der Waals surface area contributed by atoms with E-state index in [1.807, 2.05) is 36.4 Å². The summed E-state index contributed by atoms with van der Waals surface area (Å²) in [7, 11) is 0. The number of benzene rings is 1. The Hall–Kier alpha value is -2.10. The Morgan fingerprint density at radius 1 is 1.05 bits per heavy atom. The highest BCUT2D eigenvalue weighted by molar-refractivity contribution is 5.60. The van der Waals surface area contributed by atoms with Crippen LogP contribution in [-0.4, -0.2) is 23.1 Å². The van der Waals surface area contributed by atoms with Gasteiger partial charge < -0.3 is 10.6 Å². The molecule has 21 heavy (non-hydrogen) atoms. The van der Waals surface area contributed by atoms with Crippen LogP contribution in [0.15, 0.2) is 36.4 Å². The van der Waals surface area contributed by atoms with Gasteiger partial charge in [-0.15, -0.1) is 0 Å². The molecule has 0 amide bonds. The molecule has 2 N–H and O–H groups in total. The zero-order chi connectivity index (χ0) is 14.9. The van der Waals surface area contributed by atoms with E-state index in [1.165, 1.54) is 12.8 Å². The van der Waals surface area contributed by atoms with Crippen molar-refractivity contribution in [3.63, 3.8) is 0 Å².